The summed E-state index contributed by atoms with van der Waals surface area (Å²) in [4.78, 5) is 22.4. The molecule has 1 aliphatic heterocycles. The molecule has 0 aromatic rings. The number of aldehydes is 1. The molecule has 0 spiro atoms. The number of cyclic esters (lactones) is 1. The Balaban J connectivity index is 2.05. The number of carbonyl (C=O) groups excluding carboxylic acids is 2. The Morgan fingerprint density at radius 1 is 1.50 bits per heavy atom. The van der Waals surface area contributed by atoms with E-state index in [0.29, 0.717) is 17.6 Å². The van der Waals surface area contributed by atoms with Gasteiger partial charge in [-0.25, -0.2) is 4.79 Å². The monoisotopic (exact) mass is 272 g/mol. The van der Waals surface area contributed by atoms with E-state index in [4.69, 9.17) is 9.47 Å². The van der Waals surface area contributed by atoms with Gasteiger partial charge in [0.2, 0.25) is 0 Å². The Morgan fingerprint density at radius 3 is 2.95 bits per heavy atom. The largest absolute Gasteiger partial charge is 0.458 e. The van der Waals surface area contributed by atoms with Crippen LogP contribution in [0, 0.1) is 5.92 Å². The number of hydrogen-bond donors (Lipinski definition) is 0. The summed E-state index contributed by atoms with van der Waals surface area (Å²) in [5, 5.41) is 0. The van der Waals surface area contributed by atoms with Crippen molar-refractivity contribution < 1.29 is 19.1 Å². The highest BCUT2D eigenvalue weighted by Crippen LogP contribution is 2.24. The lowest BCUT2D eigenvalue weighted by Gasteiger charge is -2.13. The molecular formula is C16H16O4. The first kappa shape index (κ1) is 14.1. The fourth-order valence-corrected chi connectivity index (χ4v) is 1.96. The van der Waals surface area contributed by atoms with E-state index in [1.165, 1.54) is 6.26 Å². The van der Waals surface area contributed by atoms with E-state index >= 15 is 0 Å². The van der Waals surface area contributed by atoms with Crippen molar-refractivity contribution in [2.24, 2.45) is 5.92 Å². The fourth-order valence-electron chi connectivity index (χ4n) is 1.96. The molecule has 2 atom stereocenters. The highest BCUT2D eigenvalue weighted by Gasteiger charge is 2.23. The minimum absolute atomic E-state index is 0.0859. The number of allylic oxidation sites excluding steroid dienone is 6. The highest BCUT2D eigenvalue weighted by molar-refractivity contribution is 5.90. The molecule has 0 saturated carbocycles. The van der Waals surface area contributed by atoms with Crippen molar-refractivity contribution in [3.8, 4) is 0 Å². The van der Waals surface area contributed by atoms with Crippen molar-refractivity contribution in [1.82, 2.24) is 0 Å². The van der Waals surface area contributed by atoms with Crippen LogP contribution < -0.4 is 0 Å². The highest BCUT2D eigenvalue weighted by atomic mass is 16.7. The van der Waals surface area contributed by atoms with Crippen molar-refractivity contribution in [2.75, 3.05) is 0 Å². The summed E-state index contributed by atoms with van der Waals surface area (Å²) < 4.78 is 10.3. The summed E-state index contributed by atoms with van der Waals surface area (Å²) in [6.45, 7) is 5.56. The Kier molecular flexibility index (Phi) is 4.35. The minimum atomic E-state index is -0.756. The summed E-state index contributed by atoms with van der Waals surface area (Å²) in [5.74, 6) is -0.486. The smallest absolute Gasteiger partial charge is 0.336 e. The second-order valence-electron chi connectivity index (χ2n) is 4.71. The average Bonchev–Trinajstić information content (AvgIpc) is 2.62. The molecule has 1 heterocycles. The van der Waals surface area contributed by atoms with Crippen LogP contribution in [0.1, 0.15) is 13.3 Å². The standard InChI is InChI=1S/C16H16O4/c1-11-5-3-4-6-13(7-11)14(9-17)10-19-15-8-12(2)16(18)20-15/h3-6,8-10,13,15H,1,7H2,2H3/b14-10-. The molecule has 2 aliphatic rings. The summed E-state index contributed by atoms with van der Waals surface area (Å²) in [6, 6.07) is 0. The van der Waals surface area contributed by atoms with E-state index in [-0.39, 0.29) is 5.92 Å². The van der Waals surface area contributed by atoms with Gasteiger partial charge in [-0.1, -0.05) is 36.5 Å². The van der Waals surface area contributed by atoms with Gasteiger partial charge in [-0.15, -0.1) is 0 Å². The zero-order chi connectivity index (χ0) is 14.5. The molecule has 2 rings (SSSR count). The lowest BCUT2D eigenvalue weighted by atomic mass is 9.94. The summed E-state index contributed by atoms with van der Waals surface area (Å²) in [5.41, 5.74) is 1.93. The Bertz CT molecular complexity index is 549. The van der Waals surface area contributed by atoms with Gasteiger partial charge in [0.05, 0.1) is 6.26 Å². The average molecular weight is 272 g/mol. The SMILES string of the molecule is C=C1C=CC=CC(/C(C=O)=C\OC2C=C(C)C(=O)O2)C1. The molecule has 0 saturated heterocycles. The van der Waals surface area contributed by atoms with E-state index in [1.807, 2.05) is 24.3 Å². The van der Waals surface area contributed by atoms with Crippen LogP contribution in [0.3, 0.4) is 0 Å². The van der Waals surface area contributed by atoms with Crippen molar-refractivity contribution in [3.05, 3.63) is 59.9 Å². The topological polar surface area (TPSA) is 52.6 Å². The quantitative estimate of drug-likeness (QED) is 0.341. The van der Waals surface area contributed by atoms with Gasteiger partial charge < -0.3 is 9.47 Å². The van der Waals surface area contributed by atoms with Gasteiger partial charge in [0, 0.05) is 23.1 Å². The molecule has 104 valence electrons. The zero-order valence-corrected chi connectivity index (χ0v) is 11.2. The lowest BCUT2D eigenvalue weighted by Crippen LogP contribution is -2.11. The first-order valence-corrected chi connectivity index (χ1v) is 6.33. The fraction of sp³-hybridized carbons (Fsp3) is 0.250. The van der Waals surface area contributed by atoms with Crippen LogP contribution in [0.4, 0.5) is 0 Å². The van der Waals surface area contributed by atoms with Crippen LogP contribution in [0.15, 0.2) is 59.9 Å². The molecule has 0 fully saturated rings. The molecule has 0 N–H and O–H groups in total. The van der Waals surface area contributed by atoms with E-state index < -0.39 is 12.3 Å². The molecule has 0 aromatic carbocycles. The first-order chi connectivity index (χ1) is 9.60. The molecular weight excluding hydrogens is 256 g/mol. The van der Waals surface area contributed by atoms with Gasteiger partial charge >= 0.3 is 5.97 Å². The number of carbonyl (C=O) groups is 2. The third-order valence-corrected chi connectivity index (χ3v) is 3.10. The molecule has 20 heavy (non-hydrogen) atoms. The number of esters is 1. The second-order valence-corrected chi connectivity index (χ2v) is 4.71. The van der Waals surface area contributed by atoms with E-state index in [0.717, 1.165) is 11.9 Å². The van der Waals surface area contributed by atoms with Gasteiger partial charge in [-0.2, -0.15) is 0 Å². The maximum absolute atomic E-state index is 11.2. The van der Waals surface area contributed by atoms with Crippen LogP contribution in [0.2, 0.25) is 0 Å². The van der Waals surface area contributed by atoms with Crippen LogP contribution in [-0.4, -0.2) is 18.5 Å². The van der Waals surface area contributed by atoms with E-state index in [9.17, 15) is 9.59 Å². The molecule has 0 radical (unpaired) electrons. The predicted octanol–water partition coefficient (Wildman–Crippen LogP) is 2.60. The molecule has 1 aliphatic carbocycles. The Morgan fingerprint density at radius 2 is 2.30 bits per heavy atom. The summed E-state index contributed by atoms with van der Waals surface area (Å²) in [7, 11) is 0. The first-order valence-electron chi connectivity index (χ1n) is 6.33. The molecule has 4 heteroatoms. The minimum Gasteiger partial charge on any atom is -0.458 e. The predicted molar refractivity (Wildman–Crippen MR) is 74.4 cm³/mol. The molecule has 4 nitrogen and oxygen atoms in total. The third-order valence-electron chi connectivity index (χ3n) is 3.10. The van der Waals surface area contributed by atoms with Gasteiger partial charge in [0.15, 0.2) is 0 Å². The lowest BCUT2D eigenvalue weighted by molar-refractivity contribution is -0.152. The van der Waals surface area contributed by atoms with E-state index in [2.05, 4.69) is 6.58 Å². The van der Waals surface area contributed by atoms with Gasteiger partial charge in [-0.05, 0) is 13.3 Å². The number of ether oxygens (including phenoxy) is 2. The molecule has 0 amide bonds. The van der Waals surface area contributed by atoms with Gasteiger partial charge in [0.1, 0.15) is 6.29 Å². The third kappa shape index (κ3) is 3.35. The normalized spacial score (nSPS) is 26.1. The number of rotatable bonds is 4. The van der Waals surface area contributed by atoms with Crippen molar-refractivity contribution in [1.29, 1.82) is 0 Å². The Hall–Kier alpha value is -2.36. The van der Waals surface area contributed by atoms with Crippen LogP contribution in [0.25, 0.3) is 0 Å². The number of hydrogen-bond acceptors (Lipinski definition) is 4. The maximum atomic E-state index is 11.2. The van der Waals surface area contributed by atoms with Gasteiger partial charge in [0.25, 0.3) is 6.29 Å². The van der Waals surface area contributed by atoms with Crippen molar-refractivity contribution in [2.45, 2.75) is 19.6 Å². The van der Waals surface area contributed by atoms with Crippen LogP contribution in [-0.2, 0) is 19.1 Å². The van der Waals surface area contributed by atoms with Gasteiger partial charge in [-0.3, -0.25) is 4.79 Å². The molecule has 2 unspecified atom stereocenters. The second kappa shape index (κ2) is 6.19. The maximum Gasteiger partial charge on any atom is 0.336 e. The zero-order valence-electron chi connectivity index (χ0n) is 11.2. The van der Waals surface area contributed by atoms with E-state index in [1.54, 1.807) is 13.0 Å². The summed E-state index contributed by atoms with van der Waals surface area (Å²) in [6.07, 6.45) is 11.2. The molecule has 0 aromatic heterocycles. The molecule has 0 bridgehead atoms. The van der Waals surface area contributed by atoms with Crippen LogP contribution >= 0.6 is 0 Å². The Labute approximate surface area is 117 Å². The summed E-state index contributed by atoms with van der Waals surface area (Å²) >= 11 is 0. The van der Waals surface area contributed by atoms with Crippen molar-refractivity contribution in [3.63, 3.8) is 0 Å². The van der Waals surface area contributed by atoms with Crippen molar-refractivity contribution >= 4 is 12.3 Å². The van der Waals surface area contributed by atoms with Crippen LogP contribution in [0.5, 0.6) is 0 Å².